The van der Waals surface area contributed by atoms with Gasteiger partial charge < -0.3 is 20.1 Å². The Morgan fingerprint density at radius 1 is 1.12 bits per heavy atom. The maximum atomic E-state index is 13.7. The van der Waals surface area contributed by atoms with Crippen molar-refractivity contribution < 1.29 is 17.9 Å². The molecule has 0 atom stereocenters. The van der Waals surface area contributed by atoms with Gasteiger partial charge in [-0.2, -0.15) is 0 Å². The van der Waals surface area contributed by atoms with Crippen LogP contribution in [0.2, 0.25) is 0 Å². The number of nitrogens with one attached hydrogen (secondary N) is 1. The summed E-state index contributed by atoms with van der Waals surface area (Å²) in [6.45, 7) is 3.97. The van der Waals surface area contributed by atoms with Crippen molar-refractivity contribution in [3.8, 4) is 22.7 Å². The molecule has 0 aliphatic heterocycles. The lowest BCUT2D eigenvalue weighted by Crippen LogP contribution is -2.26. The van der Waals surface area contributed by atoms with Gasteiger partial charge in [0.2, 0.25) is 21.9 Å². The maximum Gasteiger partial charge on any atom is 0.267 e. The molecule has 0 radical (unpaired) electrons. The van der Waals surface area contributed by atoms with Gasteiger partial charge in [0, 0.05) is 43.7 Å². The average molecular weight is 565 g/mol. The van der Waals surface area contributed by atoms with Crippen LogP contribution in [0.25, 0.3) is 27.7 Å². The minimum absolute atomic E-state index is 0.00136. The van der Waals surface area contributed by atoms with Gasteiger partial charge in [-0.1, -0.05) is 6.07 Å². The summed E-state index contributed by atoms with van der Waals surface area (Å²) in [5, 5.41) is 0.334. The number of methoxy groups -OCH3 is 1. The summed E-state index contributed by atoms with van der Waals surface area (Å²) in [5.41, 5.74) is 8.98. The number of hydrogen-bond acceptors (Lipinski definition) is 9. The second-order valence-corrected chi connectivity index (χ2v) is 11.3. The standard InChI is InChI=1S/C28H32N6O5S/c1-4-39-14-13-33(2)21-8-10-22(11-9-21)34-27(35)23-15-18(5-12-24(23)31-28(34)29)19-16-25(26(38-3)30-17-19)40(36,37)32-20-6-7-20/h5,8-12,15-17,20,32H,4,6-7,13-14H2,1-3H3,(H2,29,31). The van der Waals surface area contributed by atoms with Crippen LogP contribution in [-0.2, 0) is 14.8 Å². The Kier molecular flexibility index (Phi) is 7.74. The monoisotopic (exact) mass is 564 g/mol. The fraction of sp³-hybridized carbons (Fsp3) is 0.321. The van der Waals surface area contributed by atoms with E-state index in [9.17, 15) is 13.2 Å². The van der Waals surface area contributed by atoms with Crippen molar-refractivity contribution in [2.75, 3.05) is 44.5 Å². The van der Waals surface area contributed by atoms with Crippen molar-refractivity contribution in [2.24, 2.45) is 0 Å². The molecule has 2 heterocycles. The highest BCUT2D eigenvalue weighted by molar-refractivity contribution is 7.89. The minimum atomic E-state index is -3.83. The number of aromatic nitrogens is 3. The Hall–Kier alpha value is -4.00. The summed E-state index contributed by atoms with van der Waals surface area (Å²) in [5.74, 6) is 0.0646. The fourth-order valence-electron chi connectivity index (χ4n) is 4.38. The Balaban J connectivity index is 1.51. The van der Waals surface area contributed by atoms with Crippen LogP contribution >= 0.6 is 0 Å². The molecule has 2 aromatic carbocycles. The van der Waals surface area contributed by atoms with Gasteiger partial charge in [-0.15, -0.1) is 0 Å². The molecule has 1 fully saturated rings. The van der Waals surface area contributed by atoms with Crippen molar-refractivity contribution in [1.82, 2.24) is 19.3 Å². The summed E-state index contributed by atoms with van der Waals surface area (Å²) in [6.07, 6.45) is 3.12. The topological polar surface area (TPSA) is 142 Å². The van der Waals surface area contributed by atoms with Crippen molar-refractivity contribution in [3.63, 3.8) is 0 Å². The number of anilines is 2. The predicted molar refractivity (Wildman–Crippen MR) is 155 cm³/mol. The molecule has 0 unspecified atom stereocenters. The van der Waals surface area contributed by atoms with Crippen molar-refractivity contribution in [1.29, 1.82) is 0 Å². The predicted octanol–water partition coefficient (Wildman–Crippen LogP) is 2.95. The van der Waals surface area contributed by atoms with E-state index in [1.807, 2.05) is 38.2 Å². The second-order valence-electron chi connectivity index (χ2n) is 9.60. The van der Waals surface area contributed by atoms with Gasteiger partial charge in [0.05, 0.1) is 30.3 Å². The van der Waals surface area contributed by atoms with Crippen LogP contribution in [0.4, 0.5) is 11.6 Å². The van der Waals surface area contributed by atoms with Crippen LogP contribution in [0.5, 0.6) is 5.88 Å². The Morgan fingerprint density at radius 2 is 1.88 bits per heavy atom. The zero-order valence-corrected chi connectivity index (χ0v) is 23.4. The molecule has 0 bridgehead atoms. The molecule has 5 rings (SSSR count). The van der Waals surface area contributed by atoms with Gasteiger partial charge in [-0.25, -0.2) is 27.7 Å². The number of hydrogen-bond donors (Lipinski definition) is 2. The number of likely N-dealkylation sites (N-methyl/N-ethyl adjacent to an activating group) is 1. The smallest absolute Gasteiger partial charge is 0.267 e. The van der Waals surface area contributed by atoms with Crippen molar-refractivity contribution >= 4 is 32.6 Å². The quantitative estimate of drug-likeness (QED) is 0.263. The van der Waals surface area contributed by atoms with Crippen LogP contribution in [0.15, 0.2) is 64.4 Å². The summed E-state index contributed by atoms with van der Waals surface area (Å²) >= 11 is 0. The maximum absolute atomic E-state index is 13.7. The van der Waals surface area contributed by atoms with E-state index in [-0.39, 0.29) is 28.3 Å². The van der Waals surface area contributed by atoms with Gasteiger partial charge in [-0.3, -0.25) is 4.79 Å². The Labute approximate surface area is 232 Å². The third-order valence-corrected chi connectivity index (χ3v) is 8.27. The molecular weight excluding hydrogens is 532 g/mol. The van der Waals surface area contributed by atoms with Gasteiger partial charge >= 0.3 is 0 Å². The van der Waals surface area contributed by atoms with Crippen LogP contribution in [0.1, 0.15) is 19.8 Å². The van der Waals surface area contributed by atoms with E-state index in [1.54, 1.807) is 18.2 Å². The molecule has 3 N–H and O–H groups in total. The number of ether oxygens (including phenoxy) is 2. The lowest BCUT2D eigenvalue weighted by molar-refractivity contribution is 0.154. The molecule has 12 heteroatoms. The van der Waals surface area contributed by atoms with Gasteiger partial charge in [0.25, 0.3) is 5.56 Å². The Morgan fingerprint density at radius 3 is 2.55 bits per heavy atom. The van der Waals surface area contributed by atoms with Crippen LogP contribution in [0.3, 0.4) is 0 Å². The third kappa shape index (κ3) is 5.64. The van der Waals surface area contributed by atoms with Crippen LogP contribution in [0, 0.1) is 0 Å². The highest BCUT2D eigenvalue weighted by Gasteiger charge is 2.30. The van der Waals surface area contributed by atoms with E-state index in [0.717, 1.165) is 25.1 Å². The van der Waals surface area contributed by atoms with E-state index in [4.69, 9.17) is 15.2 Å². The summed E-state index contributed by atoms with van der Waals surface area (Å²) in [6, 6.07) is 14.0. The van der Waals surface area contributed by atoms with Crippen LogP contribution in [-0.4, -0.2) is 62.9 Å². The fourth-order valence-corrected chi connectivity index (χ4v) is 5.83. The number of fused-ring (bicyclic) bond motifs is 1. The first kappa shape index (κ1) is 27.6. The molecule has 1 aliphatic rings. The van der Waals surface area contributed by atoms with Gasteiger partial charge in [0.1, 0.15) is 4.90 Å². The van der Waals surface area contributed by atoms with Gasteiger partial charge in [0.15, 0.2) is 0 Å². The molecule has 40 heavy (non-hydrogen) atoms. The highest BCUT2D eigenvalue weighted by Crippen LogP contribution is 2.31. The first-order valence-electron chi connectivity index (χ1n) is 13.0. The minimum Gasteiger partial charge on any atom is -0.480 e. The van der Waals surface area contributed by atoms with E-state index < -0.39 is 10.0 Å². The molecular formula is C28H32N6O5S. The molecule has 0 spiro atoms. The zero-order valence-electron chi connectivity index (χ0n) is 22.6. The third-order valence-electron chi connectivity index (χ3n) is 6.75. The number of rotatable bonds is 11. The van der Waals surface area contributed by atoms with Crippen molar-refractivity contribution in [3.05, 3.63) is 65.1 Å². The largest absolute Gasteiger partial charge is 0.480 e. The van der Waals surface area contributed by atoms with Crippen molar-refractivity contribution in [2.45, 2.75) is 30.7 Å². The van der Waals surface area contributed by atoms with E-state index in [2.05, 4.69) is 19.6 Å². The number of nitrogens with zero attached hydrogens (tertiary/aromatic N) is 4. The molecule has 4 aromatic rings. The van der Waals surface area contributed by atoms with Gasteiger partial charge in [-0.05, 0) is 67.8 Å². The Bertz CT molecular complexity index is 1700. The highest BCUT2D eigenvalue weighted by atomic mass is 32.2. The molecule has 1 aliphatic carbocycles. The number of nitrogens with two attached hydrogens (primary N) is 1. The molecule has 1 saturated carbocycles. The number of benzene rings is 2. The number of nitrogen functional groups attached to an aromatic ring is 1. The lowest BCUT2D eigenvalue weighted by atomic mass is 10.1. The first-order chi connectivity index (χ1) is 19.2. The number of pyridine rings is 1. The average Bonchev–Trinajstić information content (AvgIpc) is 3.76. The lowest BCUT2D eigenvalue weighted by Gasteiger charge is -2.19. The number of sulfonamides is 1. The summed E-state index contributed by atoms with van der Waals surface area (Å²) in [4.78, 5) is 24.3. The van der Waals surface area contributed by atoms with Crippen LogP contribution < -0.4 is 25.7 Å². The second kappa shape index (κ2) is 11.2. The summed E-state index contributed by atoms with van der Waals surface area (Å²) < 4.78 is 40.6. The zero-order chi connectivity index (χ0) is 28.4. The van der Waals surface area contributed by atoms with E-state index in [0.29, 0.717) is 40.9 Å². The SMILES string of the molecule is CCOCCN(C)c1ccc(-n2c(N)nc3ccc(-c4cnc(OC)c(S(=O)(=O)NC5CC5)c4)cc3c2=O)cc1. The van der Waals surface area contributed by atoms with E-state index >= 15 is 0 Å². The molecule has 0 amide bonds. The molecule has 2 aromatic heterocycles. The normalized spacial score (nSPS) is 13.5. The summed E-state index contributed by atoms with van der Waals surface area (Å²) in [7, 11) is -0.483. The molecule has 210 valence electrons. The first-order valence-corrected chi connectivity index (χ1v) is 14.5. The molecule has 11 nitrogen and oxygen atoms in total. The van der Waals surface area contributed by atoms with E-state index in [1.165, 1.54) is 23.9 Å². The molecule has 0 saturated heterocycles.